The molecule has 3 atom stereocenters. The smallest absolute Gasteiger partial charge is 0.179 e. The van der Waals surface area contributed by atoms with E-state index in [1.807, 2.05) is 43.3 Å². The third-order valence-corrected chi connectivity index (χ3v) is 7.89. The van der Waals surface area contributed by atoms with Crippen LogP contribution in [0.4, 0.5) is 0 Å². The fourth-order valence-corrected chi connectivity index (χ4v) is 6.09. The number of rotatable bonds is 2. The van der Waals surface area contributed by atoms with Crippen LogP contribution in [0.5, 0.6) is 0 Å². The van der Waals surface area contributed by atoms with E-state index >= 15 is 0 Å². The Labute approximate surface area is 209 Å². The van der Waals surface area contributed by atoms with Crippen LogP contribution in [0.25, 0.3) is 33.7 Å². The van der Waals surface area contributed by atoms with E-state index in [9.17, 15) is 10.1 Å². The van der Waals surface area contributed by atoms with Crippen molar-refractivity contribution >= 4 is 16.7 Å². The molecule has 2 aliphatic rings. The van der Waals surface area contributed by atoms with Crippen molar-refractivity contribution in [3.05, 3.63) is 83.3 Å². The van der Waals surface area contributed by atoms with Crippen molar-refractivity contribution in [3.63, 3.8) is 0 Å². The molecule has 0 aliphatic heterocycles. The Morgan fingerprint density at radius 3 is 2.69 bits per heavy atom. The van der Waals surface area contributed by atoms with Crippen LogP contribution in [0.1, 0.15) is 37.1 Å². The minimum Gasteiger partial charge on any atom is -0.293 e. The van der Waals surface area contributed by atoms with Gasteiger partial charge in [0.2, 0.25) is 0 Å². The van der Waals surface area contributed by atoms with E-state index in [4.69, 9.17) is 9.97 Å². The maximum atomic E-state index is 12.9. The SMILES string of the molecule is Cc1cccc(-c2nc(-c3ncnc4ccccc34)nc3c2CC[C@@H]2[C@@H](C)C(=O)C(C#N)=C[C@@]32C)c1. The molecule has 2 aromatic heterocycles. The first-order chi connectivity index (χ1) is 17.4. The molecule has 0 saturated heterocycles. The predicted octanol–water partition coefficient (Wildman–Crippen LogP) is 5.55. The lowest BCUT2D eigenvalue weighted by Gasteiger charge is -2.45. The largest absolute Gasteiger partial charge is 0.293 e. The van der Waals surface area contributed by atoms with Gasteiger partial charge in [-0.3, -0.25) is 4.79 Å². The van der Waals surface area contributed by atoms with Crippen LogP contribution in [-0.4, -0.2) is 25.7 Å². The van der Waals surface area contributed by atoms with Gasteiger partial charge in [-0.25, -0.2) is 19.9 Å². The summed E-state index contributed by atoms with van der Waals surface area (Å²) in [6.07, 6.45) is 5.01. The number of hydrogen-bond acceptors (Lipinski definition) is 6. The van der Waals surface area contributed by atoms with Crippen molar-refractivity contribution < 1.29 is 4.79 Å². The third-order valence-electron chi connectivity index (χ3n) is 7.89. The Bertz CT molecular complexity index is 1630. The van der Waals surface area contributed by atoms with Gasteiger partial charge in [-0.05, 0) is 37.8 Å². The molecule has 2 aromatic carbocycles. The van der Waals surface area contributed by atoms with Crippen molar-refractivity contribution in [3.8, 4) is 28.8 Å². The summed E-state index contributed by atoms with van der Waals surface area (Å²) < 4.78 is 0. The number of fused-ring (bicyclic) bond motifs is 4. The molecular formula is C30H25N5O. The standard InChI is InChI=1S/C30H25N5O/c1-17-7-6-8-19(13-17)25-22-11-12-23-18(2)27(36)20(15-31)14-30(23,3)28(22)35-29(34-25)26-21-9-4-5-10-24(21)32-16-33-26/h4-10,13-14,16,18,23H,11-12H2,1-3H3/t18-,23-,30-/m1/s1. The number of nitriles is 1. The second-order valence-corrected chi connectivity index (χ2v) is 10.1. The lowest BCUT2D eigenvalue weighted by Crippen LogP contribution is -2.46. The van der Waals surface area contributed by atoms with Crippen LogP contribution in [0.15, 0.2) is 66.5 Å². The van der Waals surface area contributed by atoms with Crippen molar-refractivity contribution in [2.24, 2.45) is 11.8 Å². The number of aromatic nitrogens is 4. The van der Waals surface area contributed by atoms with E-state index in [2.05, 4.69) is 48.1 Å². The number of hydrogen-bond donors (Lipinski definition) is 0. The van der Waals surface area contributed by atoms with E-state index in [0.717, 1.165) is 51.8 Å². The summed E-state index contributed by atoms with van der Waals surface area (Å²) in [5.74, 6) is 0.272. The van der Waals surface area contributed by atoms with Gasteiger partial charge in [-0.1, -0.05) is 61.9 Å². The Hall–Kier alpha value is -4.24. The zero-order valence-corrected chi connectivity index (χ0v) is 20.5. The lowest BCUT2D eigenvalue weighted by molar-refractivity contribution is -0.121. The lowest BCUT2D eigenvalue weighted by atomic mass is 9.57. The Morgan fingerprint density at radius 1 is 1.06 bits per heavy atom. The summed E-state index contributed by atoms with van der Waals surface area (Å²) in [4.78, 5) is 32.2. The van der Waals surface area contributed by atoms with Crippen molar-refractivity contribution in [2.45, 2.75) is 39.0 Å². The summed E-state index contributed by atoms with van der Waals surface area (Å²) in [6.45, 7) is 6.14. The quantitative estimate of drug-likeness (QED) is 0.380. The van der Waals surface area contributed by atoms with Gasteiger partial charge in [0, 0.05) is 27.8 Å². The van der Waals surface area contributed by atoms with Crippen molar-refractivity contribution in [1.29, 1.82) is 5.26 Å². The van der Waals surface area contributed by atoms with E-state index in [1.165, 1.54) is 0 Å². The molecule has 36 heavy (non-hydrogen) atoms. The highest BCUT2D eigenvalue weighted by Crippen LogP contribution is 2.51. The molecule has 0 unspecified atom stereocenters. The number of aryl methyl sites for hydroxylation is 1. The first kappa shape index (κ1) is 22.2. The highest BCUT2D eigenvalue weighted by molar-refractivity contribution is 6.02. The number of carbonyl (C=O) groups is 1. The number of carbonyl (C=O) groups excluding carboxylic acids is 1. The van der Waals surface area contributed by atoms with E-state index in [0.29, 0.717) is 11.5 Å². The molecule has 0 radical (unpaired) electrons. The molecule has 0 saturated carbocycles. The predicted molar refractivity (Wildman–Crippen MR) is 138 cm³/mol. The topological polar surface area (TPSA) is 92.4 Å². The zero-order chi connectivity index (χ0) is 25.0. The highest BCUT2D eigenvalue weighted by Gasteiger charge is 2.49. The first-order valence-electron chi connectivity index (χ1n) is 12.3. The number of para-hydroxylation sites is 1. The van der Waals surface area contributed by atoms with Crippen LogP contribution in [-0.2, 0) is 16.6 Å². The van der Waals surface area contributed by atoms with Gasteiger partial charge in [-0.2, -0.15) is 5.26 Å². The number of ketones is 1. The summed E-state index contributed by atoms with van der Waals surface area (Å²) in [5, 5.41) is 10.6. The summed E-state index contributed by atoms with van der Waals surface area (Å²) in [7, 11) is 0. The molecule has 0 N–H and O–H groups in total. The minimum absolute atomic E-state index is 0.0600. The molecule has 0 bridgehead atoms. The molecule has 6 rings (SSSR count). The van der Waals surface area contributed by atoms with Crippen LogP contribution in [0.3, 0.4) is 0 Å². The molecule has 0 amide bonds. The average Bonchev–Trinajstić information content (AvgIpc) is 2.90. The van der Waals surface area contributed by atoms with Crippen LogP contribution >= 0.6 is 0 Å². The molecule has 2 aliphatic carbocycles. The molecule has 6 nitrogen and oxygen atoms in total. The average molecular weight is 472 g/mol. The van der Waals surface area contributed by atoms with E-state index < -0.39 is 5.41 Å². The van der Waals surface area contributed by atoms with E-state index in [1.54, 1.807) is 6.33 Å². The van der Waals surface area contributed by atoms with Crippen LogP contribution < -0.4 is 0 Å². The Morgan fingerprint density at radius 2 is 1.89 bits per heavy atom. The van der Waals surface area contributed by atoms with Crippen LogP contribution in [0, 0.1) is 30.1 Å². The second kappa shape index (κ2) is 8.17. The number of allylic oxidation sites excluding steroid dienone is 2. The number of benzene rings is 2. The first-order valence-corrected chi connectivity index (χ1v) is 12.3. The number of nitrogens with zero attached hydrogens (tertiary/aromatic N) is 5. The van der Waals surface area contributed by atoms with Gasteiger partial charge < -0.3 is 0 Å². The third kappa shape index (κ3) is 3.27. The summed E-state index contributed by atoms with van der Waals surface area (Å²) in [5.41, 5.74) is 6.19. The maximum absolute atomic E-state index is 12.9. The fourth-order valence-electron chi connectivity index (χ4n) is 6.09. The monoisotopic (exact) mass is 471 g/mol. The molecule has 0 spiro atoms. The molecule has 2 heterocycles. The van der Waals surface area contributed by atoms with Crippen LogP contribution in [0.2, 0.25) is 0 Å². The van der Waals surface area contributed by atoms with Crippen molar-refractivity contribution in [2.75, 3.05) is 0 Å². The minimum atomic E-state index is -0.564. The van der Waals surface area contributed by atoms with Gasteiger partial charge in [0.05, 0.1) is 22.5 Å². The Kier molecular flexibility index (Phi) is 5.04. The normalized spacial score (nSPS) is 22.9. The maximum Gasteiger partial charge on any atom is 0.179 e. The van der Waals surface area contributed by atoms with Gasteiger partial charge in [0.25, 0.3) is 0 Å². The highest BCUT2D eigenvalue weighted by atomic mass is 16.1. The van der Waals surface area contributed by atoms with Gasteiger partial charge in [0.15, 0.2) is 11.6 Å². The molecule has 4 aromatic rings. The van der Waals surface area contributed by atoms with Crippen molar-refractivity contribution in [1.82, 2.24) is 19.9 Å². The Balaban J connectivity index is 1.69. The van der Waals surface area contributed by atoms with Gasteiger partial charge in [0.1, 0.15) is 18.1 Å². The molecular weight excluding hydrogens is 446 g/mol. The number of Topliss-reactive ketones (excluding diaryl/α,β-unsaturated/α-hetero) is 1. The van der Waals surface area contributed by atoms with Gasteiger partial charge in [-0.15, -0.1) is 0 Å². The van der Waals surface area contributed by atoms with E-state index in [-0.39, 0.29) is 23.2 Å². The second-order valence-electron chi connectivity index (χ2n) is 10.1. The summed E-state index contributed by atoms with van der Waals surface area (Å²) >= 11 is 0. The fraction of sp³-hybridized carbons (Fsp3) is 0.267. The molecule has 6 heteroatoms. The molecule has 176 valence electrons. The summed E-state index contributed by atoms with van der Waals surface area (Å²) in [6, 6.07) is 18.3. The zero-order valence-electron chi connectivity index (χ0n) is 20.5. The molecule has 0 fully saturated rings. The van der Waals surface area contributed by atoms with Gasteiger partial charge >= 0.3 is 0 Å².